The molecule has 0 amide bonds. The third-order valence-corrected chi connectivity index (χ3v) is 7.24. The van der Waals surface area contributed by atoms with Crippen LogP contribution in [0, 0.1) is 0 Å². The summed E-state index contributed by atoms with van der Waals surface area (Å²) in [5, 5.41) is 20.5. The molecule has 1 saturated carbocycles. The molecule has 0 unspecified atom stereocenters. The number of ketones is 1. The van der Waals surface area contributed by atoms with Crippen molar-refractivity contribution < 1.29 is 38.8 Å². The summed E-state index contributed by atoms with van der Waals surface area (Å²) >= 11 is 0. The van der Waals surface area contributed by atoms with Gasteiger partial charge in [0.2, 0.25) is 0 Å². The predicted molar refractivity (Wildman–Crippen MR) is 101 cm³/mol. The fourth-order valence-electron chi connectivity index (χ4n) is 5.95. The molecule has 2 aliphatic carbocycles. The number of benzene rings is 1. The molecule has 4 atom stereocenters. The average Bonchev–Trinajstić information content (AvgIpc) is 3.05. The van der Waals surface area contributed by atoms with Gasteiger partial charge in [-0.15, -0.1) is 0 Å². The highest BCUT2D eigenvalue weighted by molar-refractivity contribution is 5.90. The fraction of sp³-hybridized carbons (Fsp3) is 0.571. The molecule has 160 valence electrons. The number of likely N-dealkylation sites (N-methyl/N-ethyl adjacent to an activating group) is 1. The van der Waals surface area contributed by atoms with Gasteiger partial charge in [-0.1, -0.05) is 6.07 Å². The van der Waals surface area contributed by atoms with E-state index in [-0.39, 0.29) is 37.0 Å². The summed E-state index contributed by atoms with van der Waals surface area (Å²) in [5.41, 5.74) is -0.204. The maximum absolute atomic E-state index is 12.8. The van der Waals surface area contributed by atoms with E-state index in [1.807, 2.05) is 13.1 Å². The van der Waals surface area contributed by atoms with Gasteiger partial charge in [0, 0.05) is 18.0 Å². The van der Waals surface area contributed by atoms with E-state index in [0.29, 0.717) is 25.0 Å². The number of ether oxygens (including phenoxy) is 3. The lowest BCUT2D eigenvalue weighted by Crippen LogP contribution is -2.76. The Hall–Kier alpha value is -2.65. The molecule has 9 heteroatoms. The zero-order chi connectivity index (χ0) is 21.3. The van der Waals surface area contributed by atoms with Gasteiger partial charge in [0.15, 0.2) is 23.4 Å². The maximum Gasteiger partial charge on any atom is 0.513 e. The van der Waals surface area contributed by atoms with Crippen molar-refractivity contribution in [2.24, 2.45) is 0 Å². The number of hydrogen-bond donors (Lipinski definition) is 2. The summed E-state index contributed by atoms with van der Waals surface area (Å²) in [5.74, 6) is -0.715. The van der Waals surface area contributed by atoms with E-state index in [9.17, 15) is 19.5 Å². The highest BCUT2D eigenvalue weighted by Gasteiger charge is 2.72. The molecule has 2 bridgehead atoms. The molecule has 2 fully saturated rings. The summed E-state index contributed by atoms with van der Waals surface area (Å²) in [6.45, 7) is 0.412. The molecule has 1 spiro atoms. The minimum atomic E-state index is -1.10. The highest BCUT2D eigenvalue weighted by atomic mass is 16.7. The normalized spacial score (nSPS) is 33.5. The molecular formula is C21H23NO8. The molecule has 4 aliphatic rings. The summed E-state index contributed by atoms with van der Waals surface area (Å²) < 4.78 is 16.2. The van der Waals surface area contributed by atoms with Gasteiger partial charge in [-0.25, -0.2) is 4.79 Å². The van der Waals surface area contributed by atoms with Crippen LogP contribution in [-0.2, 0) is 26.2 Å². The first-order chi connectivity index (χ1) is 14.3. The molecule has 1 saturated heterocycles. The van der Waals surface area contributed by atoms with Crippen molar-refractivity contribution >= 4 is 17.9 Å². The number of hydrogen-bond acceptors (Lipinski definition) is 8. The van der Waals surface area contributed by atoms with E-state index in [1.54, 1.807) is 6.07 Å². The van der Waals surface area contributed by atoms with Crippen molar-refractivity contribution in [1.29, 1.82) is 0 Å². The number of aliphatic carboxylic acids is 1. The maximum atomic E-state index is 12.8. The second-order valence-electron chi connectivity index (χ2n) is 8.58. The van der Waals surface area contributed by atoms with Crippen LogP contribution < -0.4 is 9.47 Å². The Morgan fingerprint density at radius 3 is 2.90 bits per heavy atom. The highest BCUT2D eigenvalue weighted by Crippen LogP contribution is 2.64. The Kier molecular flexibility index (Phi) is 4.14. The van der Waals surface area contributed by atoms with Crippen molar-refractivity contribution in [3.63, 3.8) is 0 Å². The van der Waals surface area contributed by atoms with Gasteiger partial charge >= 0.3 is 12.1 Å². The van der Waals surface area contributed by atoms with Gasteiger partial charge in [0.05, 0.1) is 17.4 Å². The minimum absolute atomic E-state index is 0.0537. The summed E-state index contributed by atoms with van der Waals surface area (Å²) in [4.78, 5) is 37.6. The molecule has 2 N–H and O–H groups in total. The number of rotatable bonds is 4. The largest absolute Gasteiger partial charge is 0.513 e. The van der Waals surface area contributed by atoms with Crippen LogP contribution in [0.5, 0.6) is 11.5 Å². The first-order valence-corrected chi connectivity index (χ1v) is 10.1. The molecule has 2 heterocycles. The molecule has 0 aromatic heterocycles. The molecule has 9 nitrogen and oxygen atoms in total. The van der Waals surface area contributed by atoms with Gasteiger partial charge in [-0.05, 0) is 44.5 Å². The minimum Gasteiger partial charge on any atom is -0.481 e. The van der Waals surface area contributed by atoms with E-state index < -0.39 is 29.2 Å². The molecule has 0 radical (unpaired) electrons. The van der Waals surface area contributed by atoms with Gasteiger partial charge in [0.25, 0.3) is 0 Å². The second kappa shape index (κ2) is 6.42. The molecule has 2 aliphatic heterocycles. The van der Waals surface area contributed by atoms with Crippen LogP contribution in [0.1, 0.15) is 36.8 Å². The number of Topliss-reactive ketones (excluding diaryl/α,β-unsaturated/α-hetero) is 1. The van der Waals surface area contributed by atoms with Gasteiger partial charge in [0.1, 0.15) is 6.61 Å². The first-order valence-electron chi connectivity index (χ1n) is 10.1. The van der Waals surface area contributed by atoms with Gasteiger partial charge in [-0.2, -0.15) is 0 Å². The van der Waals surface area contributed by atoms with Crippen LogP contribution in [0.4, 0.5) is 4.79 Å². The van der Waals surface area contributed by atoms with Crippen molar-refractivity contribution in [3.8, 4) is 11.5 Å². The SMILES string of the molecule is CN1CC[C@@]23c4c5ccc(OC(=O)OCCC(=O)O)c4O[C@@H]2C(=O)CC[C@]3(O)[C@@H]1C5. The van der Waals surface area contributed by atoms with Crippen LogP contribution in [0.3, 0.4) is 0 Å². The Morgan fingerprint density at radius 1 is 1.33 bits per heavy atom. The van der Waals surface area contributed by atoms with Crippen LogP contribution in [0.15, 0.2) is 12.1 Å². The molecule has 1 aromatic carbocycles. The number of carboxylic acid groups (broad SMARTS) is 1. The molecule has 5 rings (SSSR count). The van der Waals surface area contributed by atoms with Crippen LogP contribution in [0.2, 0.25) is 0 Å². The van der Waals surface area contributed by atoms with E-state index >= 15 is 0 Å². The third-order valence-electron chi connectivity index (χ3n) is 7.24. The second-order valence-corrected chi connectivity index (χ2v) is 8.58. The number of carboxylic acids is 1. The number of carbonyl (C=O) groups excluding carboxylic acids is 2. The average molecular weight is 417 g/mol. The van der Waals surface area contributed by atoms with E-state index in [4.69, 9.17) is 19.3 Å². The lowest BCUT2D eigenvalue weighted by atomic mass is 9.49. The van der Waals surface area contributed by atoms with Crippen LogP contribution in [-0.4, -0.2) is 71.0 Å². The van der Waals surface area contributed by atoms with Crippen LogP contribution >= 0.6 is 0 Å². The zero-order valence-electron chi connectivity index (χ0n) is 16.6. The van der Waals surface area contributed by atoms with Crippen molar-refractivity contribution in [2.45, 2.75) is 55.3 Å². The Labute approximate surface area is 172 Å². The number of piperidine rings is 1. The van der Waals surface area contributed by atoms with Crippen LogP contribution in [0.25, 0.3) is 0 Å². The van der Waals surface area contributed by atoms with Crippen molar-refractivity contribution in [1.82, 2.24) is 4.90 Å². The summed E-state index contributed by atoms with van der Waals surface area (Å²) in [6.07, 6.45) is -0.378. The van der Waals surface area contributed by atoms with E-state index in [2.05, 4.69) is 4.90 Å². The molecule has 1 aromatic rings. The monoisotopic (exact) mass is 417 g/mol. The number of carbonyl (C=O) groups is 3. The Morgan fingerprint density at radius 2 is 2.13 bits per heavy atom. The third kappa shape index (κ3) is 2.39. The smallest absolute Gasteiger partial charge is 0.481 e. The van der Waals surface area contributed by atoms with E-state index in [0.717, 1.165) is 17.7 Å². The van der Waals surface area contributed by atoms with E-state index in [1.165, 1.54) is 0 Å². The molecule has 30 heavy (non-hydrogen) atoms. The predicted octanol–water partition coefficient (Wildman–Crippen LogP) is 1.03. The van der Waals surface area contributed by atoms with Crippen molar-refractivity contribution in [3.05, 3.63) is 23.3 Å². The van der Waals surface area contributed by atoms with Gasteiger partial charge < -0.3 is 29.3 Å². The topological polar surface area (TPSA) is 123 Å². The lowest BCUT2D eigenvalue weighted by molar-refractivity contribution is -0.185. The first kappa shape index (κ1) is 19.3. The number of likely N-dealkylation sites (tertiary alicyclic amines) is 1. The Balaban J connectivity index is 1.55. The van der Waals surface area contributed by atoms with Gasteiger partial charge in [-0.3, -0.25) is 9.59 Å². The summed E-state index contributed by atoms with van der Waals surface area (Å²) in [7, 11) is 1.99. The van der Waals surface area contributed by atoms with Crippen molar-refractivity contribution in [2.75, 3.05) is 20.2 Å². The lowest BCUT2D eigenvalue weighted by Gasteiger charge is -2.61. The summed E-state index contributed by atoms with van der Waals surface area (Å²) in [6, 6.07) is 3.33. The number of aliphatic hydroxyl groups is 1. The number of nitrogens with zero attached hydrogens (tertiary/aromatic N) is 1. The standard InChI is InChI=1S/C21H23NO8/c1-22-8-7-20-16-11-2-3-13(29-19(26)28-9-5-15(24)25)17(16)30-18(20)12(23)4-6-21(20,27)14(22)10-11/h2-3,14,18,27H,4-10H2,1H3,(H,24,25)/t14-,18+,20+,21-/m0/s1. The zero-order valence-corrected chi connectivity index (χ0v) is 16.6. The quantitative estimate of drug-likeness (QED) is 0.546. The Bertz CT molecular complexity index is 961. The fourth-order valence-corrected chi connectivity index (χ4v) is 5.95. The molecular weight excluding hydrogens is 394 g/mol.